The van der Waals surface area contributed by atoms with Gasteiger partial charge in [0, 0.05) is 10.8 Å². The number of benzene rings is 6. The summed E-state index contributed by atoms with van der Waals surface area (Å²) in [4.78, 5) is 10.9. The van der Waals surface area contributed by atoms with Crippen LogP contribution in [0.25, 0.3) is 33.1 Å². The average Bonchev–Trinajstić information content (AvgIpc) is 3.86. The topological polar surface area (TPSA) is 54.0 Å². The average molecular weight is 862 g/mol. The molecule has 7 heteroatoms. The van der Waals surface area contributed by atoms with Gasteiger partial charge in [0.1, 0.15) is 15.4 Å². The summed E-state index contributed by atoms with van der Waals surface area (Å²) < 4.78 is 0. The molecule has 50 heavy (non-hydrogen) atoms. The summed E-state index contributed by atoms with van der Waals surface area (Å²) in [5.41, 5.74) is 8.76. The molecule has 0 bridgehead atoms. The van der Waals surface area contributed by atoms with Gasteiger partial charge < -0.3 is 10.6 Å². The van der Waals surface area contributed by atoms with Crippen LogP contribution >= 0.6 is 22.7 Å². The maximum absolute atomic E-state index is 5.45. The Balaban J connectivity index is 0.00000392. The molecule has 0 aliphatic heterocycles. The second-order valence-corrected chi connectivity index (χ2v) is 13.2. The van der Waals surface area contributed by atoms with E-state index in [9.17, 15) is 0 Å². The Morgan fingerprint density at radius 3 is 1.14 bits per heavy atom. The molecule has 0 aliphatic carbocycles. The molecule has 244 valence electrons. The van der Waals surface area contributed by atoms with E-state index in [1.165, 1.54) is 0 Å². The molecule has 0 saturated carbocycles. The van der Waals surface area contributed by atoms with Crippen LogP contribution in [0, 0.1) is 0 Å². The standard InChI is InChI=1S/C43H30N4S2.Pt/c1-5-17-31(18-6-1)43(32-19-7-2-8-20-32,41-46-39(29-48-41)35-25-13-15-27-37(35)44-33-21-9-3-10-22-33)42-47-40(30-49-42)36-26-14-16-28-38(36)45-34-23-11-4-12-24-34;/h1-30H;/q-2;+2. The molecular weight excluding hydrogens is 832 g/mol. The minimum atomic E-state index is -0.759. The van der Waals surface area contributed by atoms with Crippen LogP contribution in [0.3, 0.4) is 0 Å². The molecule has 0 radical (unpaired) electrons. The Labute approximate surface area is 314 Å². The van der Waals surface area contributed by atoms with E-state index < -0.39 is 5.41 Å². The zero-order valence-electron chi connectivity index (χ0n) is 26.7. The fraction of sp³-hybridized carbons (Fsp3) is 0.0233. The van der Waals surface area contributed by atoms with Gasteiger partial charge >= 0.3 is 21.1 Å². The van der Waals surface area contributed by atoms with Crippen LogP contribution in [0.4, 0.5) is 22.7 Å². The molecule has 0 saturated heterocycles. The SMILES string of the molecule is [Pt+2].c1ccc([N-]c2ccccc2-c2csc(C(c3ccccc3)(c3ccccc3)c3nc(-c4ccccc4[N-]c4ccccc4)cs3)n2)cc1. The minimum Gasteiger partial charge on any atom is -0.657 e. The summed E-state index contributed by atoms with van der Waals surface area (Å²) in [5.74, 6) is 0. The number of aromatic nitrogens is 2. The maximum atomic E-state index is 5.45. The van der Waals surface area contributed by atoms with Gasteiger partial charge in [0.05, 0.1) is 11.4 Å². The first-order valence-corrected chi connectivity index (χ1v) is 17.8. The van der Waals surface area contributed by atoms with Crippen molar-refractivity contribution in [1.82, 2.24) is 9.97 Å². The molecule has 0 N–H and O–H groups in total. The first kappa shape index (κ1) is 33.4. The number of hydrogen-bond acceptors (Lipinski definition) is 4. The predicted molar refractivity (Wildman–Crippen MR) is 205 cm³/mol. The van der Waals surface area contributed by atoms with E-state index in [-0.39, 0.29) is 21.1 Å². The van der Waals surface area contributed by atoms with Crippen molar-refractivity contribution in [3.05, 3.63) is 212 Å². The number of para-hydroxylation sites is 4. The third-order valence-electron chi connectivity index (χ3n) is 8.44. The van der Waals surface area contributed by atoms with Gasteiger partial charge in [-0.15, -0.1) is 45.4 Å². The second kappa shape index (κ2) is 15.2. The molecule has 8 aromatic rings. The van der Waals surface area contributed by atoms with Crippen molar-refractivity contribution < 1.29 is 21.1 Å². The third-order valence-corrected chi connectivity index (χ3v) is 10.4. The fourth-order valence-electron chi connectivity index (χ4n) is 6.13. The molecule has 0 atom stereocenters. The van der Waals surface area contributed by atoms with Crippen molar-refractivity contribution in [2.75, 3.05) is 0 Å². The van der Waals surface area contributed by atoms with Gasteiger partial charge in [-0.05, 0) is 22.3 Å². The van der Waals surface area contributed by atoms with Gasteiger partial charge in [-0.3, -0.25) is 0 Å². The Morgan fingerprint density at radius 2 is 0.740 bits per heavy atom. The van der Waals surface area contributed by atoms with Crippen molar-refractivity contribution in [2.24, 2.45) is 0 Å². The molecule has 0 unspecified atom stereocenters. The summed E-state index contributed by atoms with van der Waals surface area (Å²) in [6.07, 6.45) is 0. The summed E-state index contributed by atoms with van der Waals surface area (Å²) in [6, 6.07) is 57.8. The second-order valence-electron chi connectivity index (χ2n) is 11.5. The minimum absolute atomic E-state index is 0. The van der Waals surface area contributed by atoms with E-state index in [0.29, 0.717) is 0 Å². The molecule has 0 aliphatic rings. The molecule has 0 fully saturated rings. The van der Waals surface area contributed by atoms with E-state index in [0.717, 1.165) is 66.4 Å². The van der Waals surface area contributed by atoms with E-state index in [1.807, 2.05) is 97.1 Å². The molecule has 6 aromatic carbocycles. The fourth-order valence-corrected chi connectivity index (χ4v) is 8.32. The van der Waals surface area contributed by atoms with Crippen molar-refractivity contribution in [3.8, 4) is 22.5 Å². The largest absolute Gasteiger partial charge is 2.00 e. The molecular formula is C43H30N4PtS2. The summed E-state index contributed by atoms with van der Waals surface area (Å²) >= 11 is 3.31. The van der Waals surface area contributed by atoms with Crippen LogP contribution in [0.5, 0.6) is 0 Å². The van der Waals surface area contributed by atoms with Crippen LogP contribution in [0.2, 0.25) is 0 Å². The summed E-state index contributed by atoms with van der Waals surface area (Å²) in [7, 11) is 0. The molecule has 0 spiro atoms. The first-order chi connectivity index (χ1) is 24.3. The van der Waals surface area contributed by atoms with Crippen LogP contribution in [0.15, 0.2) is 181 Å². The van der Waals surface area contributed by atoms with Crippen LogP contribution < -0.4 is 0 Å². The van der Waals surface area contributed by atoms with Crippen LogP contribution in [0.1, 0.15) is 21.1 Å². The molecule has 0 amide bonds. The van der Waals surface area contributed by atoms with Crippen molar-refractivity contribution >= 4 is 45.4 Å². The van der Waals surface area contributed by atoms with Crippen molar-refractivity contribution in [1.29, 1.82) is 0 Å². The Bertz CT molecular complexity index is 2120. The molecule has 2 aromatic heterocycles. The Hall–Kier alpha value is -5.13. The quantitative estimate of drug-likeness (QED) is 0.138. The Morgan fingerprint density at radius 1 is 0.400 bits per heavy atom. The van der Waals surface area contributed by atoms with E-state index in [4.69, 9.17) is 20.6 Å². The van der Waals surface area contributed by atoms with Crippen LogP contribution in [-0.4, -0.2) is 9.97 Å². The molecule has 8 rings (SSSR count). The summed E-state index contributed by atoms with van der Waals surface area (Å²) in [5, 5.41) is 16.2. The van der Waals surface area contributed by atoms with Gasteiger partial charge in [-0.2, -0.15) is 0 Å². The smallest absolute Gasteiger partial charge is 0.657 e. The van der Waals surface area contributed by atoms with E-state index in [2.05, 4.69) is 83.6 Å². The van der Waals surface area contributed by atoms with Crippen molar-refractivity contribution in [2.45, 2.75) is 5.41 Å². The third kappa shape index (κ3) is 6.58. The normalized spacial score (nSPS) is 11.0. The van der Waals surface area contributed by atoms with E-state index in [1.54, 1.807) is 22.7 Å². The van der Waals surface area contributed by atoms with Gasteiger partial charge in [0.15, 0.2) is 0 Å². The van der Waals surface area contributed by atoms with Gasteiger partial charge in [0.25, 0.3) is 0 Å². The predicted octanol–water partition coefficient (Wildman–Crippen LogP) is 13.0. The molecule has 4 nitrogen and oxygen atoms in total. The first-order valence-electron chi connectivity index (χ1n) is 16.0. The zero-order chi connectivity index (χ0) is 32.9. The number of rotatable bonds is 10. The monoisotopic (exact) mass is 861 g/mol. The van der Waals surface area contributed by atoms with Gasteiger partial charge in [-0.25, -0.2) is 9.97 Å². The van der Waals surface area contributed by atoms with Gasteiger partial charge in [-0.1, -0.05) is 170 Å². The Kier molecular flexibility index (Phi) is 10.1. The van der Waals surface area contributed by atoms with Gasteiger partial charge in [0.2, 0.25) is 0 Å². The van der Waals surface area contributed by atoms with E-state index >= 15 is 0 Å². The maximum Gasteiger partial charge on any atom is 2.00 e. The number of hydrogen-bond donors (Lipinski definition) is 0. The molecule has 2 heterocycles. The van der Waals surface area contributed by atoms with Crippen molar-refractivity contribution in [3.63, 3.8) is 0 Å². The zero-order valence-corrected chi connectivity index (χ0v) is 30.6. The number of thiazole rings is 2. The number of nitrogens with zero attached hydrogens (tertiary/aromatic N) is 4. The van der Waals surface area contributed by atoms with Crippen LogP contribution in [-0.2, 0) is 26.5 Å². The summed E-state index contributed by atoms with van der Waals surface area (Å²) in [6.45, 7) is 0.